The number of benzene rings is 2. The van der Waals surface area contributed by atoms with Crippen LogP contribution in [0.2, 0.25) is 0 Å². The summed E-state index contributed by atoms with van der Waals surface area (Å²) in [6, 6.07) is 15.2. The van der Waals surface area contributed by atoms with E-state index in [0.717, 1.165) is 9.87 Å². The molecule has 7 nitrogen and oxygen atoms in total. The minimum absolute atomic E-state index is 0.00204. The Labute approximate surface area is 137 Å². The van der Waals surface area contributed by atoms with Crippen LogP contribution in [0.5, 0.6) is 0 Å². The van der Waals surface area contributed by atoms with Crippen molar-refractivity contribution in [1.82, 2.24) is 14.5 Å². The maximum Gasteiger partial charge on any atom is 0.269 e. The molecule has 0 aliphatic carbocycles. The number of nitrogens with zero attached hydrogens (tertiary/aromatic N) is 3. The van der Waals surface area contributed by atoms with Gasteiger partial charge in [0, 0.05) is 5.56 Å². The average molecular weight is 341 g/mol. The zero-order chi connectivity index (χ0) is 16.7. The van der Waals surface area contributed by atoms with Gasteiger partial charge in [-0.15, -0.1) is 10.2 Å². The zero-order valence-electron chi connectivity index (χ0n) is 12.3. The molecule has 120 valence electrons. The van der Waals surface area contributed by atoms with E-state index in [1.165, 1.54) is 12.1 Å². The van der Waals surface area contributed by atoms with Gasteiger partial charge in [-0.05, 0) is 24.3 Å². The SMILES string of the molecule is O=C1c2ccccc2S(=O)(=O)N1Cc1nnc(-c2ccccc2)o1. The second-order valence-electron chi connectivity index (χ2n) is 5.18. The molecule has 0 bridgehead atoms. The summed E-state index contributed by atoms with van der Waals surface area (Å²) in [5.74, 6) is -0.268. The molecular formula is C16H11N3O4S. The third-order valence-electron chi connectivity index (χ3n) is 3.68. The first-order valence-electron chi connectivity index (χ1n) is 7.11. The first-order chi connectivity index (χ1) is 11.6. The summed E-state index contributed by atoms with van der Waals surface area (Å²) in [5, 5.41) is 7.74. The van der Waals surface area contributed by atoms with Crippen molar-refractivity contribution in [2.45, 2.75) is 11.4 Å². The third kappa shape index (κ3) is 2.19. The van der Waals surface area contributed by atoms with Crippen LogP contribution in [0.25, 0.3) is 11.5 Å². The Kier molecular flexibility index (Phi) is 3.20. The van der Waals surface area contributed by atoms with Gasteiger partial charge < -0.3 is 4.42 Å². The second kappa shape index (κ2) is 5.27. The Morgan fingerprint density at radius 1 is 0.958 bits per heavy atom. The van der Waals surface area contributed by atoms with Crippen molar-refractivity contribution in [2.75, 3.05) is 0 Å². The van der Waals surface area contributed by atoms with E-state index in [-0.39, 0.29) is 28.8 Å². The summed E-state index contributed by atoms with van der Waals surface area (Å²) >= 11 is 0. The van der Waals surface area contributed by atoms with Crippen molar-refractivity contribution in [2.24, 2.45) is 0 Å². The topological polar surface area (TPSA) is 93.4 Å². The number of carbonyl (C=O) groups is 1. The van der Waals surface area contributed by atoms with Gasteiger partial charge in [-0.2, -0.15) is 0 Å². The van der Waals surface area contributed by atoms with Gasteiger partial charge in [-0.1, -0.05) is 30.3 Å². The van der Waals surface area contributed by atoms with Crippen molar-refractivity contribution >= 4 is 15.9 Å². The van der Waals surface area contributed by atoms with Crippen LogP contribution in [0.1, 0.15) is 16.2 Å². The summed E-state index contributed by atoms with van der Waals surface area (Å²) in [6.07, 6.45) is 0. The fourth-order valence-corrected chi connectivity index (χ4v) is 4.04. The molecule has 3 aromatic rings. The number of amides is 1. The van der Waals surface area contributed by atoms with Crippen LogP contribution in [-0.2, 0) is 16.6 Å². The van der Waals surface area contributed by atoms with Gasteiger partial charge in [0.2, 0.25) is 11.8 Å². The number of hydrogen-bond donors (Lipinski definition) is 0. The molecule has 0 saturated heterocycles. The molecule has 0 N–H and O–H groups in total. The Morgan fingerprint density at radius 2 is 1.67 bits per heavy atom. The lowest BCUT2D eigenvalue weighted by atomic mass is 10.2. The molecule has 0 spiro atoms. The number of carbonyl (C=O) groups excluding carboxylic acids is 1. The fraction of sp³-hybridized carbons (Fsp3) is 0.0625. The predicted octanol–water partition coefficient (Wildman–Crippen LogP) is 2.08. The molecule has 1 aliphatic heterocycles. The smallest absolute Gasteiger partial charge is 0.269 e. The van der Waals surface area contributed by atoms with E-state index in [2.05, 4.69) is 10.2 Å². The normalized spacial score (nSPS) is 15.5. The zero-order valence-corrected chi connectivity index (χ0v) is 13.1. The summed E-state index contributed by atoms with van der Waals surface area (Å²) < 4.78 is 31.2. The molecule has 0 radical (unpaired) electrons. The Balaban J connectivity index is 1.66. The Bertz CT molecular complexity index is 1030. The largest absolute Gasteiger partial charge is 0.419 e. The van der Waals surface area contributed by atoms with Gasteiger partial charge in [0.15, 0.2) is 0 Å². The first kappa shape index (κ1) is 14.6. The maximum atomic E-state index is 12.5. The number of aromatic nitrogens is 2. The van der Waals surface area contributed by atoms with Crippen LogP contribution in [0.3, 0.4) is 0 Å². The molecule has 4 rings (SSSR count). The summed E-state index contributed by atoms with van der Waals surface area (Å²) in [7, 11) is -3.89. The van der Waals surface area contributed by atoms with E-state index < -0.39 is 15.9 Å². The van der Waals surface area contributed by atoms with Gasteiger partial charge in [0.05, 0.1) is 5.56 Å². The minimum atomic E-state index is -3.89. The molecule has 2 heterocycles. The van der Waals surface area contributed by atoms with Crippen LogP contribution in [0, 0.1) is 0 Å². The van der Waals surface area contributed by atoms with Crippen LogP contribution in [0.15, 0.2) is 63.9 Å². The van der Waals surface area contributed by atoms with E-state index in [1.54, 1.807) is 24.3 Å². The summed E-state index contributed by atoms with van der Waals surface area (Å²) in [5.41, 5.74) is 0.871. The van der Waals surface area contributed by atoms with Gasteiger partial charge in [-0.3, -0.25) is 4.79 Å². The Hall–Kier alpha value is -3.00. The monoisotopic (exact) mass is 341 g/mol. The van der Waals surface area contributed by atoms with Crippen molar-refractivity contribution in [3.8, 4) is 11.5 Å². The van der Waals surface area contributed by atoms with E-state index in [9.17, 15) is 13.2 Å². The summed E-state index contributed by atoms with van der Waals surface area (Å²) in [4.78, 5) is 12.3. The molecule has 1 aromatic heterocycles. The summed E-state index contributed by atoms with van der Waals surface area (Å²) in [6.45, 7) is -0.296. The molecule has 1 amide bonds. The van der Waals surface area contributed by atoms with Crippen LogP contribution >= 0.6 is 0 Å². The van der Waals surface area contributed by atoms with Crippen molar-refractivity contribution < 1.29 is 17.6 Å². The molecule has 0 atom stereocenters. The molecule has 0 saturated carbocycles. The van der Waals surface area contributed by atoms with Crippen LogP contribution in [-0.4, -0.2) is 28.8 Å². The van der Waals surface area contributed by atoms with Gasteiger partial charge in [0.1, 0.15) is 11.4 Å². The van der Waals surface area contributed by atoms with Crippen molar-refractivity contribution in [3.05, 3.63) is 66.1 Å². The highest BCUT2D eigenvalue weighted by atomic mass is 32.2. The maximum absolute atomic E-state index is 12.5. The average Bonchev–Trinajstić information content (AvgIpc) is 3.14. The van der Waals surface area contributed by atoms with Crippen LogP contribution < -0.4 is 0 Å². The molecule has 0 fully saturated rings. The number of fused-ring (bicyclic) bond motifs is 1. The van der Waals surface area contributed by atoms with Crippen LogP contribution in [0.4, 0.5) is 0 Å². The quantitative estimate of drug-likeness (QED) is 0.724. The lowest BCUT2D eigenvalue weighted by Gasteiger charge is -2.11. The van der Waals surface area contributed by atoms with E-state index >= 15 is 0 Å². The Morgan fingerprint density at radius 3 is 2.42 bits per heavy atom. The molecule has 8 heteroatoms. The number of sulfonamides is 1. The second-order valence-corrected chi connectivity index (χ2v) is 7.01. The first-order valence-corrected chi connectivity index (χ1v) is 8.55. The van der Waals surface area contributed by atoms with Gasteiger partial charge in [0.25, 0.3) is 15.9 Å². The lowest BCUT2D eigenvalue weighted by molar-refractivity contribution is 0.0857. The molecule has 0 unspecified atom stereocenters. The molecule has 2 aromatic carbocycles. The third-order valence-corrected chi connectivity index (χ3v) is 5.47. The standard InChI is InChI=1S/C16H11N3O4S/c20-16-12-8-4-5-9-13(12)24(21,22)19(16)10-14-17-18-15(23-14)11-6-2-1-3-7-11/h1-9H,10H2. The van der Waals surface area contributed by atoms with E-state index in [0.29, 0.717) is 0 Å². The molecule has 24 heavy (non-hydrogen) atoms. The number of rotatable bonds is 3. The number of hydrogen-bond acceptors (Lipinski definition) is 6. The predicted molar refractivity (Wildman–Crippen MR) is 83.2 cm³/mol. The van der Waals surface area contributed by atoms with Crippen molar-refractivity contribution in [1.29, 1.82) is 0 Å². The molecule has 1 aliphatic rings. The highest BCUT2D eigenvalue weighted by Crippen LogP contribution is 2.31. The minimum Gasteiger partial charge on any atom is -0.419 e. The van der Waals surface area contributed by atoms with E-state index in [1.807, 2.05) is 18.2 Å². The highest BCUT2D eigenvalue weighted by Gasteiger charge is 2.41. The fourth-order valence-electron chi connectivity index (χ4n) is 2.52. The van der Waals surface area contributed by atoms with E-state index in [4.69, 9.17) is 4.42 Å². The van der Waals surface area contributed by atoms with Gasteiger partial charge >= 0.3 is 0 Å². The molecular weight excluding hydrogens is 330 g/mol. The highest BCUT2D eigenvalue weighted by molar-refractivity contribution is 7.90. The lowest BCUT2D eigenvalue weighted by Crippen LogP contribution is -2.29. The van der Waals surface area contributed by atoms with Gasteiger partial charge in [-0.25, -0.2) is 12.7 Å². The van der Waals surface area contributed by atoms with Crippen molar-refractivity contribution in [3.63, 3.8) is 0 Å².